The first-order valence-corrected chi connectivity index (χ1v) is 6.77. The molecule has 1 amide bonds. The number of rotatable bonds is 6. The van der Waals surface area contributed by atoms with Crippen molar-refractivity contribution in [1.29, 1.82) is 0 Å². The summed E-state index contributed by atoms with van der Waals surface area (Å²) in [7, 11) is 0. The number of aliphatic carboxylic acids is 1. The minimum absolute atomic E-state index is 0.106. The molecule has 1 unspecified atom stereocenters. The molecule has 6 nitrogen and oxygen atoms in total. The second-order valence-corrected chi connectivity index (χ2v) is 5.55. The lowest BCUT2D eigenvalue weighted by atomic mass is 10.0. The molecule has 6 heteroatoms. The second-order valence-electron chi connectivity index (χ2n) is 5.55. The predicted octanol–water partition coefficient (Wildman–Crippen LogP) is 1.68. The first kappa shape index (κ1) is 16.2. The molecule has 0 bridgehead atoms. The van der Waals surface area contributed by atoms with Crippen LogP contribution in [0.4, 0.5) is 0 Å². The molecule has 2 N–H and O–H groups in total. The highest BCUT2D eigenvalue weighted by Crippen LogP contribution is 2.14. The fourth-order valence-corrected chi connectivity index (χ4v) is 2.19. The Balaban J connectivity index is 2.66. The fraction of sp³-hybridized carbons (Fsp3) is 0.643. The van der Waals surface area contributed by atoms with Gasteiger partial charge in [-0.15, -0.1) is 0 Å². The molecular weight excluding hydrogens is 258 g/mol. The average molecular weight is 281 g/mol. The Morgan fingerprint density at radius 2 is 1.95 bits per heavy atom. The molecule has 1 aromatic heterocycles. The van der Waals surface area contributed by atoms with Crippen LogP contribution in [0.1, 0.15) is 44.6 Å². The van der Waals surface area contributed by atoms with Crippen molar-refractivity contribution in [2.45, 2.75) is 53.1 Å². The quantitative estimate of drug-likeness (QED) is 0.831. The van der Waals surface area contributed by atoms with Gasteiger partial charge in [-0.05, 0) is 32.8 Å². The predicted molar refractivity (Wildman–Crippen MR) is 75.4 cm³/mol. The largest absolute Gasteiger partial charge is 0.480 e. The molecule has 20 heavy (non-hydrogen) atoms. The van der Waals surface area contributed by atoms with Crippen molar-refractivity contribution in [1.82, 2.24) is 15.1 Å². The van der Waals surface area contributed by atoms with Crippen LogP contribution >= 0.6 is 0 Å². The fourth-order valence-electron chi connectivity index (χ4n) is 2.19. The van der Waals surface area contributed by atoms with Crippen LogP contribution in [0.2, 0.25) is 0 Å². The first-order valence-electron chi connectivity index (χ1n) is 6.77. The molecule has 0 saturated heterocycles. The van der Waals surface area contributed by atoms with Crippen LogP contribution in [0.25, 0.3) is 0 Å². The number of carboxylic acids is 1. The van der Waals surface area contributed by atoms with Gasteiger partial charge in [-0.25, -0.2) is 4.79 Å². The molecule has 0 aliphatic carbocycles. The standard InChI is InChI=1S/C14H23N3O3/c1-8(2)13(14(19)20)15-12(18)7-11(5)17-10(4)6-9(3)16-17/h6,8,11,13H,7H2,1-5H3,(H,15,18)(H,19,20)/t11?,13-/m0/s1. The first-order chi connectivity index (χ1) is 9.22. The van der Waals surface area contributed by atoms with Crippen LogP contribution in [0.5, 0.6) is 0 Å². The minimum atomic E-state index is -1.01. The molecule has 0 saturated carbocycles. The Hall–Kier alpha value is -1.85. The molecule has 0 radical (unpaired) electrons. The maximum atomic E-state index is 11.9. The lowest BCUT2D eigenvalue weighted by Gasteiger charge is -2.20. The molecule has 2 atom stereocenters. The monoisotopic (exact) mass is 281 g/mol. The van der Waals surface area contributed by atoms with Crippen molar-refractivity contribution in [2.75, 3.05) is 0 Å². The van der Waals surface area contributed by atoms with Crippen molar-refractivity contribution < 1.29 is 14.7 Å². The number of aryl methyl sites for hydroxylation is 2. The lowest BCUT2D eigenvalue weighted by Crippen LogP contribution is -2.44. The number of amides is 1. The molecule has 0 aliphatic rings. The molecule has 0 aromatic carbocycles. The van der Waals surface area contributed by atoms with Crippen LogP contribution in [-0.4, -0.2) is 32.8 Å². The Morgan fingerprint density at radius 3 is 2.35 bits per heavy atom. The van der Waals surface area contributed by atoms with E-state index in [9.17, 15) is 9.59 Å². The van der Waals surface area contributed by atoms with Crippen LogP contribution in [0, 0.1) is 19.8 Å². The highest BCUT2D eigenvalue weighted by Gasteiger charge is 2.24. The molecule has 0 aliphatic heterocycles. The molecule has 1 rings (SSSR count). The number of hydrogen-bond donors (Lipinski definition) is 2. The number of nitrogens with one attached hydrogen (secondary N) is 1. The van der Waals surface area contributed by atoms with E-state index in [-0.39, 0.29) is 24.3 Å². The van der Waals surface area contributed by atoms with Crippen LogP contribution in [-0.2, 0) is 9.59 Å². The number of carbonyl (C=O) groups is 2. The van der Waals surface area contributed by atoms with Gasteiger partial charge in [-0.1, -0.05) is 13.8 Å². The summed E-state index contributed by atoms with van der Waals surface area (Å²) in [5.41, 5.74) is 1.89. The summed E-state index contributed by atoms with van der Waals surface area (Å²) in [6.07, 6.45) is 0.207. The van der Waals surface area contributed by atoms with E-state index < -0.39 is 12.0 Å². The van der Waals surface area contributed by atoms with Gasteiger partial charge in [0.15, 0.2) is 0 Å². The maximum absolute atomic E-state index is 11.9. The molecule has 0 spiro atoms. The van der Waals surface area contributed by atoms with Crippen LogP contribution < -0.4 is 5.32 Å². The Labute approximate surface area is 119 Å². The van der Waals surface area contributed by atoms with E-state index in [2.05, 4.69) is 10.4 Å². The molecule has 1 aromatic rings. The third-order valence-electron chi connectivity index (χ3n) is 3.19. The van der Waals surface area contributed by atoms with Gasteiger partial charge in [0, 0.05) is 12.1 Å². The second kappa shape index (κ2) is 6.54. The Kier molecular flexibility index (Phi) is 5.30. The van der Waals surface area contributed by atoms with Gasteiger partial charge in [0.05, 0.1) is 11.7 Å². The van der Waals surface area contributed by atoms with Gasteiger partial charge in [0.2, 0.25) is 5.91 Å². The molecular formula is C14H23N3O3. The van der Waals surface area contributed by atoms with E-state index >= 15 is 0 Å². The van der Waals surface area contributed by atoms with Crippen molar-refractivity contribution in [3.05, 3.63) is 17.5 Å². The van der Waals surface area contributed by atoms with Crippen molar-refractivity contribution in [3.63, 3.8) is 0 Å². The third-order valence-corrected chi connectivity index (χ3v) is 3.19. The lowest BCUT2D eigenvalue weighted by molar-refractivity contribution is -0.143. The summed E-state index contributed by atoms with van der Waals surface area (Å²) in [6, 6.07) is 0.989. The number of hydrogen-bond acceptors (Lipinski definition) is 3. The number of aromatic nitrogens is 2. The summed E-state index contributed by atoms with van der Waals surface area (Å²) < 4.78 is 1.79. The summed E-state index contributed by atoms with van der Waals surface area (Å²) in [5.74, 6) is -1.43. The van der Waals surface area contributed by atoms with Gasteiger partial charge in [-0.3, -0.25) is 9.48 Å². The summed E-state index contributed by atoms with van der Waals surface area (Å²) in [6.45, 7) is 9.26. The van der Waals surface area contributed by atoms with Gasteiger partial charge >= 0.3 is 5.97 Å². The summed E-state index contributed by atoms with van der Waals surface area (Å²) >= 11 is 0. The zero-order valence-electron chi connectivity index (χ0n) is 12.7. The summed E-state index contributed by atoms with van der Waals surface area (Å²) in [4.78, 5) is 23.0. The van der Waals surface area contributed by atoms with Crippen LogP contribution in [0.3, 0.4) is 0 Å². The zero-order valence-corrected chi connectivity index (χ0v) is 12.7. The van der Waals surface area contributed by atoms with Gasteiger partial charge < -0.3 is 10.4 Å². The van der Waals surface area contributed by atoms with E-state index in [1.807, 2.05) is 26.8 Å². The van der Waals surface area contributed by atoms with E-state index in [0.717, 1.165) is 11.4 Å². The van der Waals surface area contributed by atoms with Gasteiger partial charge in [0.25, 0.3) is 0 Å². The Morgan fingerprint density at radius 1 is 1.35 bits per heavy atom. The normalized spacial score (nSPS) is 14.1. The smallest absolute Gasteiger partial charge is 0.326 e. The number of carboxylic acid groups (broad SMARTS) is 1. The summed E-state index contributed by atoms with van der Waals surface area (Å²) in [5, 5.41) is 16.0. The molecule has 0 fully saturated rings. The van der Waals surface area contributed by atoms with Gasteiger partial charge in [0.1, 0.15) is 6.04 Å². The highest BCUT2D eigenvalue weighted by molar-refractivity contribution is 5.83. The van der Waals surface area contributed by atoms with E-state index in [1.165, 1.54) is 0 Å². The highest BCUT2D eigenvalue weighted by atomic mass is 16.4. The van der Waals surface area contributed by atoms with Crippen molar-refractivity contribution >= 4 is 11.9 Å². The maximum Gasteiger partial charge on any atom is 0.326 e. The van der Waals surface area contributed by atoms with Crippen molar-refractivity contribution in [2.24, 2.45) is 5.92 Å². The van der Waals surface area contributed by atoms with Crippen LogP contribution in [0.15, 0.2) is 6.07 Å². The molecule has 112 valence electrons. The van der Waals surface area contributed by atoms with E-state index in [4.69, 9.17) is 5.11 Å². The zero-order chi connectivity index (χ0) is 15.4. The topological polar surface area (TPSA) is 84.2 Å². The number of carbonyl (C=O) groups excluding carboxylic acids is 1. The minimum Gasteiger partial charge on any atom is -0.480 e. The average Bonchev–Trinajstić information content (AvgIpc) is 2.64. The van der Waals surface area contributed by atoms with Gasteiger partial charge in [-0.2, -0.15) is 5.10 Å². The Bertz CT molecular complexity index is 494. The van der Waals surface area contributed by atoms with E-state index in [0.29, 0.717) is 0 Å². The molecule has 1 heterocycles. The van der Waals surface area contributed by atoms with E-state index in [1.54, 1.807) is 18.5 Å². The third kappa shape index (κ3) is 4.08. The van der Waals surface area contributed by atoms with Crippen molar-refractivity contribution in [3.8, 4) is 0 Å². The number of nitrogens with zero attached hydrogens (tertiary/aromatic N) is 2. The SMILES string of the molecule is Cc1cc(C)n(C(C)CC(=O)N[C@H](C(=O)O)C(C)C)n1.